The van der Waals surface area contributed by atoms with Gasteiger partial charge in [-0.2, -0.15) is 0 Å². The Labute approximate surface area is 131 Å². The Bertz CT molecular complexity index is 769. The molecule has 2 amide bonds. The number of hydrogen-bond donors (Lipinski definition) is 2. The van der Waals surface area contributed by atoms with Gasteiger partial charge in [0, 0.05) is 17.0 Å². The molecule has 0 bridgehead atoms. The summed E-state index contributed by atoms with van der Waals surface area (Å²) in [6.45, 7) is 0.475. The lowest BCUT2D eigenvalue weighted by atomic mass is 9.87. The molecule has 0 spiro atoms. The molecule has 0 saturated heterocycles. The SMILES string of the molecule is O=C1NCc2cc(NC(=O)C3CCCc4sccc43)cnc21. The van der Waals surface area contributed by atoms with Gasteiger partial charge in [-0.1, -0.05) is 0 Å². The fraction of sp³-hybridized carbons (Fsp3) is 0.312. The lowest BCUT2D eigenvalue weighted by molar-refractivity contribution is -0.117. The minimum Gasteiger partial charge on any atom is -0.347 e. The van der Waals surface area contributed by atoms with Crippen LogP contribution in [0.25, 0.3) is 0 Å². The van der Waals surface area contributed by atoms with Crippen molar-refractivity contribution in [3.63, 3.8) is 0 Å². The summed E-state index contributed by atoms with van der Waals surface area (Å²) in [6.07, 6.45) is 4.56. The van der Waals surface area contributed by atoms with Gasteiger partial charge >= 0.3 is 0 Å². The lowest BCUT2D eigenvalue weighted by Crippen LogP contribution is -2.24. The number of carbonyl (C=O) groups is 2. The van der Waals surface area contributed by atoms with E-state index in [1.165, 1.54) is 10.4 Å². The van der Waals surface area contributed by atoms with Crippen molar-refractivity contribution >= 4 is 28.8 Å². The normalized spacial score (nSPS) is 19.3. The third-order valence-electron chi connectivity index (χ3n) is 4.26. The van der Waals surface area contributed by atoms with Gasteiger partial charge in [0.25, 0.3) is 5.91 Å². The highest BCUT2D eigenvalue weighted by Crippen LogP contribution is 2.35. The summed E-state index contributed by atoms with van der Waals surface area (Å²) in [4.78, 5) is 29.5. The Morgan fingerprint density at radius 3 is 3.27 bits per heavy atom. The van der Waals surface area contributed by atoms with Crippen molar-refractivity contribution in [2.24, 2.45) is 0 Å². The largest absolute Gasteiger partial charge is 0.347 e. The smallest absolute Gasteiger partial charge is 0.270 e. The zero-order valence-corrected chi connectivity index (χ0v) is 12.7. The molecule has 1 aliphatic heterocycles. The Morgan fingerprint density at radius 2 is 2.36 bits per heavy atom. The van der Waals surface area contributed by atoms with Gasteiger partial charge in [0.15, 0.2) is 0 Å². The van der Waals surface area contributed by atoms with Crippen LogP contribution in [0.5, 0.6) is 0 Å². The van der Waals surface area contributed by atoms with Crippen LogP contribution in [0.2, 0.25) is 0 Å². The number of pyridine rings is 1. The van der Waals surface area contributed by atoms with Crippen LogP contribution in [0.4, 0.5) is 5.69 Å². The number of amides is 2. The highest BCUT2D eigenvalue weighted by atomic mass is 32.1. The average molecular weight is 313 g/mol. The van der Waals surface area contributed by atoms with Crippen LogP contribution in [-0.2, 0) is 17.8 Å². The van der Waals surface area contributed by atoms with E-state index in [1.54, 1.807) is 17.5 Å². The van der Waals surface area contributed by atoms with E-state index in [9.17, 15) is 9.59 Å². The van der Waals surface area contributed by atoms with Crippen LogP contribution in [0, 0.1) is 0 Å². The van der Waals surface area contributed by atoms with Crippen molar-refractivity contribution in [3.8, 4) is 0 Å². The molecule has 1 atom stereocenters. The molecule has 5 nitrogen and oxygen atoms in total. The fourth-order valence-electron chi connectivity index (χ4n) is 3.17. The predicted molar refractivity (Wildman–Crippen MR) is 84.0 cm³/mol. The van der Waals surface area contributed by atoms with Gasteiger partial charge < -0.3 is 10.6 Å². The molecule has 1 unspecified atom stereocenters. The number of fused-ring (bicyclic) bond motifs is 2. The summed E-state index contributed by atoms with van der Waals surface area (Å²) >= 11 is 1.73. The number of anilines is 1. The van der Waals surface area contributed by atoms with E-state index in [4.69, 9.17) is 0 Å². The van der Waals surface area contributed by atoms with Crippen molar-refractivity contribution in [3.05, 3.63) is 45.4 Å². The second-order valence-electron chi connectivity index (χ2n) is 5.65. The first kappa shape index (κ1) is 13.5. The van der Waals surface area contributed by atoms with Crippen LogP contribution in [0.3, 0.4) is 0 Å². The summed E-state index contributed by atoms with van der Waals surface area (Å²) in [5.41, 5.74) is 3.11. The Morgan fingerprint density at radius 1 is 1.45 bits per heavy atom. The van der Waals surface area contributed by atoms with E-state index >= 15 is 0 Å². The minimum atomic E-state index is -0.150. The van der Waals surface area contributed by atoms with E-state index in [1.807, 2.05) is 6.07 Å². The van der Waals surface area contributed by atoms with E-state index < -0.39 is 0 Å². The monoisotopic (exact) mass is 313 g/mol. The second-order valence-corrected chi connectivity index (χ2v) is 6.65. The Balaban J connectivity index is 1.55. The number of carbonyl (C=O) groups excluding carboxylic acids is 2. The summed E-state index contributed by atoms with van der Waals surface area (Å²) in [7, 11) is 0. The Kier molecular flexibility index (Phi) is 3.18. The summed E-state index contributed by atoms with van der Waals surface area (Å²) in [5.74, 6) is -0.218. The van der Waals surface area contributed by atoms with Crippen molar-refractivity contribution in [1.82, 2.24) is 10.3 Å². The minimum absolute atomic E-state index is 0.0124. The molecular weight excluding hydrogens is 298 g/mol. The highest BCUT2D eigenvalue weighted by Gasteiger charge is 2.28. The number of nitrogens with one attached hydrogen (secondary N) is 2. The molecule has 112 valence electrons. The van der Waals surface area contributed by atoms with Gasteiger partial charge in [0.1, 0.15) is 5.69 Å². The van der Waals surface area contributed by atoms with Gasteiger partial charge in [-0.05, 0) is 42.3 Å². The molecule has 0 fully saturated rings. The van der Waals surface area contributed by atoms with E-state index in [2.05, 4.69) is 27.1 Å². The van der Waals surface area contributed by atoms with Crippen molar-refractivity contribution in [1.29, 1.82) is 0 Å². The van der Waals surface area contributed by atoms with E-state index in [-0.39, 0.29) is 17.7 Å². The topological polar surface area (TPSA) is 71.1 Å². The quantitative estimate of drug-likeness (QED) is 0.894. The van der Waals surface area contributed by atoms with Crippen LogP contribution < -0.4 is 10.6 Å². The van der Waals surface area contributed by atoms with E-state index in [0.29, 0.717) is 17.9 Å². The van der Waals surface area contributed by atoms with Crippen LogP contribution in [0.1, 0.15) is 45.3 Å². The molecular formula is C16H15N3O2S. The standard InChI is InChI=1S/C16H15N3O2S/c20-15(12-2-1-3-13-11(12)4-5-22-13)19-10-6-9-7-18-16(21)14(9)17-8-10/h4-6,8,12H,1-3,7H2,(H,18,21)(H,19,20). The maximum absolute atomic E-state index is 12.6. The van der Waals surface area contributed by atoms with Crippen LogP contribution in [0.15, 0.2) is 23.7 Å². The zero-order chi connectivity index (χ0) is 15.1. The van der Waals surface area contributed by atoms with Crippen LogP contribution >= 0.6 is 11.3 Å². The second kappa shape index (κ2) is 5.21. The maximum Gasteiger partial charge on any atom is 0.270 e. The van der Waals surface area contributed by atoms with Gasteiger partial charge in [-0.15, -0.1) is 11.3 Å². The van der Waals surface area contributed by atoms with Gasteiger partial charge in [0.05, 0.1) is 17.8 Å². The summed E-state index contributed by atoms with van der Waals surface area (Å²) in [5, 5.41) is 7.74. The van der Waals surface area contributed by atoms with E-state index in [0.717, 1.165) is 24.8 Å². The first-order chi connectivity index (χ1) is 10.7. The number of aryl methyl sites for hydroxylation is 1. The molecule has 3 heterocycles. The molecule has 2 aliphatic rings. The molecule has 2 aromatic rings. The fourth-order valence-corrected chi connectivity index (χ4v) is 4.15. The molecule has 6 heteroatoms. The maximum atomic E-state index is 12.6. The van der Waals surface area contributed by atoms with Gasteiger partial charge in [-0.3, -0.25) is 9.59 Å². The average Bonchev–Trinajstić information content (AvgIpc) is 3.13. The number of thiophene rings is 1. The molecule has 0 radical (unpaired) electrons. The Hall–Kier alpha value is -2.21. The highest BCUT2D eigenvalue weighted by molar-refractivity contribution is 7.10. The molecule has 2 aromatic heterocycles. The molecule has 0 aromatic carbocycles. The third-order valence-corrected chi connectivity index (χ3v) is 5.25. The molecule has 4 rings (SSSR count). The number of aromatic nitrogens is 1. The first-order valence-electron chi connectivity index (χ1n) is 7.36. The number of nitrogens with zero attached hydrogens (tertiary/aromatic N) is 1. The summed E-state index contributed by atoms with van der Waals surface area (Å²) in [6, 6.07) is 3.89. The molecule has 2 N–H and O–H groups in total. The lowest BCUT2D eigenvalue weighted by Gasteiger charge is -2.21. The van der Waals surface area contributed by atoms with Gasteiger partial charge in [-0.25, -0.2) is 4.98 Å². The predicted octanol–water partition coefficient (Wildman–Crippen LogP) is 2.45. The van der Waals surface area contributed by atoms with Gasteiger partial charge in [0.2, 0.25) is 5.91 Å². The number of rotatable bonds is 2. The first-order valence-corrected chi connectivity index (χ1v) is 8.24. The van der Waals surface area contributed by atoms with Crippen LogP contribution in [-0.4, -0.2) is 16.8 Å². The van der Waals surface area contributed by atoms with Crippen molar-refractivity contribution < 1.29 is 9.59 Å². The molecule has 1 aliphatic carbocycles. The molecule has 22 heavy (non-hydrogen) atoms. The number of hydrogen-bond acceptors (Lipinski definition) is 4. The van der Waals surface area contributed by atoms with Crippen molar-refractivity contribution in [2.45, 2.75) is 31.7 Å². The molecule has 0 saturated carbocycles. The summed E-state index contributed by atoms with van der Waals surface area (Å²) < 4.78 is 0. The van der Waals surface area contributed by atoms with Crippen molar-refractivity contribution in [2.75, 3.05) is 5.32 Å². The zero-order valence-electron chi connectivity index (χ0n) is 11.9. The third kappa shape index (κ3) is 2.20.